The highest BCUT2D eigenvalue weighted by Gasteiger charge is 2.33. The number of fused-ring (bicyclic) bond motifs is 1. The fourth-order valence-corrected chi connectivity index (χ4v) is 2.99. The maximum absolute atomic E-state index is 5.82. The Bertz CT molecular complexity index is 473. The number of hydrogen-bond donors (Lipinski definition) is 2. The van der Waals surface area contributed by atoms with Gasteiger partial charge in [0, 0.05) is 18.3 Å². The molecule has 1 saturated heterocycles. The second kappa shape index (κ2) is 4.78. The topological polar surface area (TPSA) is 56.5 Å². The lowest BCUT2D eigenvalue weighted by Crippen LogP contribution is -2.32. The fraction of sp³-hybridized carbons (Fsp3) is 0.600. The van der Waals surface area contributed by atoms with E-state index in [1.165, 1.54) is 11.1 Å². The van der Waals surface area contributed by atoms with Gasteiger partial charge in [0.05, 0.1) is 12.7 Å². The van der Waals surface area contributed by atoms with Gasteiger partial charge in [0.25, 0.3) is 0 Å². The van der Waals surface area contributed by atoms with Gasteiger partial charge in [-0.1, -0.05) is 6.07 Å². The molecule has 1 aromatic carbocycles. The number of anilines is 1. The van der Waals surface area contributed by atoms with Crippen molar-refractivity contribution < 1.29 is 9.47 Å². The molecule has 2 atom stereocenters. The minimum Gasteiger partial charge on any atom is -0.399 e. The molecule has 1 aliphatic carbocycles. The number of rotatable bonds is 3. The second-order valence-corrected chi connectivity index (χ2v) is 5.91. The zero-order valence-electron chi connectivity index (χ0n) is 11.6. The highest BCUT2D eigenvalue weighted by molar-refractivity contribution is 5.47. The zero-order valence-corrected chi connectivity index (χ0v) is 11.6. The Balaban J connectivity index is 1.58. The number of ether oxygens (including phenoxy) is 2. The van der Waals surface area contributed by atoms with E-state index in [4.69, 9.17) is 15.2 Å². The Hall–Kier alpha value is -1.10. The molecular formula is C15H22N2O2. The van der Waals surface area contributed by atoms with Crippen molar-refractivity contribution in [3.63, 3.8) is 0 Å². The molecule has 1 fully saturated rings. The van der Waals surface area contributed by atoms with Gasteiger partial charge < -0.3 is 20.5 Å². The Morgan fingerprint density at radius 1 is 1.42 bits per heavy atom. The van der Waals surface area contributed by atoms with E-state index in [9.17, 15) is 0 Å². The maximum atomic E-state index is 5.82. The first-order valence-corrected chi connectivity index (χ1v) is 6.97. The highest BCUT2D eigenvalue weighted by Crippen LogP contribution is 2.32. The average molecular weight is 262 g/mol. The molecule has 4 nitrogen and oxygen atoms in total. The number of nitrogen functional groups attached to an aromatic ring is 1. The van der Waals surface area contributed by atoms with Gasteiger partial charge in [-0.25, -0.2) is 0 Å². The molecule has 3 N–H and O–H groups in total. The van der Waals surface area contributed by atoms with Crippen molar-refractivity contribution in [2.45, 2.75) is 44.6 Å². The molecule has 1 heterocycles. The van der Waals surface area contributed by atoms with Crippen LogP contribution in [0.1, 0.15) is 37.4 Å². The summed E-state index contributed by atoms with van der Waals surface area (Å²) in [5, 5.41) is 3.59. The minimum absolute atomic E-state index is 0.146. The van der Waals surface area contributed by atoms with Gasteiger partial charge in [0.15, 0.2) is 5.79 Å². The van der Waals surface area contributed by atoms with E-state index < -0.39 is 5.79 Å². The monoisotopic (exact) mass is 262 g/mol. The van der Waals surface area contributed by atoms with Crippen LogP contribution >= 0.6 is 0 Å². The largest absolute Gasteiger partial charge is 0.399 e. The van der Waals surface area contributed by atoms with E-state index in [1.807, 2.05) is 19.9 Å². The minimum atomic E-state index is -0.436. The molecule has 0 amide bonds. The lowest BCUT2D eigenvalue weighted by Gasteiger charge is -2.19. The summed E-state index contributed by atoms with van der Waals surface area (Å²) < 4.78 is 11.4. The van der Waals surface area contributed by atoms with Crippen LogP contribution in [0.5, 0.6) is 0 Å². The normalized spacial score (nSPS) is 28.5. The van der Waals surface area contributed by atoms with E-state index in [-0.39, 0.29) is 6.10 Å². The average Bonchev–Trinajstić information content (AvgIpc) is 2.89. The van der Waals surface area contributed by atoms with E-state index in [2.05, 4.69) is 17.4 Å². The first-order valence-electron chi connectivity index (χ1n) is 6.97. The zero-order chi connectivity index (χ0) is 13.5. The van der Waals surface area contributed by atoms with Gasteiger partial charge in [-0.15, -0.1) is 0 Å². The smallest absolute Gasteiger partial charge is 0.163 e. The van der Waals surface area contributed by atoms with Gasteiger partial charge in [-0.05, 0) is 49.9 Å². The number of aryl methyl sites for hydroxylation is 1. The van der Waals surface area contributed by atoms with Crippen molar-refractivity contribution in [2.24, 2.45) is 0 Å². The van der Waals surface area contributed by atoms with Crippen LogP contribution in [0.25, 0.3) is 0 Å². The van der Waals surface area contributed by atoms with E-state index >= 15 is 0 Å². The fourth-order valence-electron chi connectivity index (χ4n) is 2.99. The SMILES string of the molecule is CC1(C)OCC(CNC2CCc3cc(N)ccc32)O1. The van der Waals surface area contributed by atoms with Crippen LogP contribution < -0.4 is 11.1 Å². The summed E-state index contributed by atoms with van der Waals surface area (Å²) in [6, 6.07) is 6.64. The van der Waals surface area contributed by atoms with Crippen molar-refractivity contribution in [1.82, 2.24) is 5.32 Å². The van der Waals surface area contributed by atoms with Crippen molar-refractivity contribution in [3.8, 4) is 0 Å². The van der Waals surface area contributed by atoms with E-state index in [1.54, 1.807) is 0 Å². The van der Waals surface area contributed by atoms with Gasteiger partial charge in [0.1, 0.15) is 0 Å². The third kappa shape index (κ3) is 2.76. The van der Waals surface area contributed by atoms with Crippen LogP contribution in [0.3, 0.4) is 0 Å². The molecule has 1 aliphatic heterocycles. The lowest BCUT2D eigenvalue weighted by atomic mass is 10.1. The molecule has 2 aliphatic rings. The molecule has 1 aromatic rings. The summed E-state index contributed by atoms with van der Waals surface area (Å²) in [5.74, 6) is -0.436. The van der Waals surface area contributed by atoms with Crippen molar-refractivity contribution in [1.29, 1.82) is 0 Å². The summed E-state index contributed by atoms with van der Waals surface area (Å²) in [4.78, 5) is 0. The maximum Gasteiger partial charge on any atom is 0.163 e. The van der Waals surface area contributed by atoms with Crippen molar-refractivity contribution in [2.75, 3.05) is 18.9 Å². The highest BCUT2D eigenvalue weighted by atomic mass is 16.7. The molecule has 104 valence electrons. The van der Waals surface area contributed by atoms with Gasteiger partial charge in [0.2, 0.25) is 0 Å². The predicted molar refractivity (Wildman–Crippen MR) is 74.8 cm³/mol. The molecule has 0 bridgehead atoms. The van der Waals surface area contributed by atoms with Crippen LogP contribution in [-0.4, -0.2) is 25.0 Å². The van der Waals surface area contributed by atoms with Crippen LogP contribution in [-0.2, 0) is 15.9 Å². The Morgan fingerprint density at radius 3 is 3.00 bits per heavy atom. The predicted octanol–water partition coefficient (Wildman–Crippen LogP) is 2.00. The van der Waals surface area contributed by atoms with Crippen molar-refractivity contribution in [3.05, 3.63) is 29.3 Å². The lowest BCUT2D eigenvalue weighted by molar-refractivity contribution is -0.137. The van der Waals surface area contributed by atoms with E-state index in [0.29, 0.717) is 12.6 Å². The summed E-state index contributed by atoms with van der Waals surface area (Å²) in [5.41, 5.74) is 9.44. The summed E-state index contributed by atoms with van der Waals surface area (Å²) in [6.45, 7) is 5.42. The molecule has 0 aromatic heterocycles. The van der Waals surface area contributed by atoms with Crippen LogP contribution in [0.15, 0.2) is 18.2 Å². The quantitative estimate of drug-likeness (QED) is 0.818. The molecule has 0 saturated carbocycles. The number of nitrogens with one attached hydrogen (secondary N) is 1. The molecule has 4 heteroatoms. The van der Waals surface area contributed by atoms with Crippen LogP contribution in [0.4, 0.5) is 5.69 Å². The van der Waals surface area contributed by atoms with Gasteiger partial charge >= 0.3 is 0 Å². The molecule has 3 rings (SSSR count). The summed E-state index contributed by atoms with van der Waals surface area (Å²) in [6.07, 6.45) is 2.38. The first-order chi connectivity index (χ1) is 9.03. The molecule has 0 spiro atoms. The van der Waals surface area contributed by atoms with Crippen LogP contribution in [0.2, 0.25) is 0 Å². The van der Waals surface area contributed by atoms with Gasteiger partial charge in [-0.3, -0.25) is 0 Å². The Kier molecular flexibility index (Phi) is 3.25. The number of benzene rings is 1. The van der Waals surface area contributed by atoms with E-state index in [0.717, 1.165) is 25.1 Å². The molecule has 0 radical (unpaired) electrons. The Morgan fingerprint density at radius 2 is 2.26 bits per heavy atom. The third-order valence-electron chi connectivity index (χ3n) is 3.90. The van der Waals surface area contributed by atoms with Gasteiger partial charge in [-0.2, -0.15) is 0 Å². The third-order valence-corrected chi connectivity index (χ3v) is 3.90. The van der Waals surface area contributed by atoms with Crippen LogP contribution in [0, 0.1) is 0 Å². The summed E-state index contributed by atoms with van der Waals surface area (Å²) >= 11 is 0. The molecular weight excluding hydrogens is 240 g/mol. The summed E-state index contributed by atoms with van der Waals surface area (Å²) in [7, 11) is 0. The van der Waals surface area contributed by atoms with Crippen molar-refractivity contribution >= 4 is 5.69 Å². The standard InChI is InChI=1S/C15H22N2O2/c1-15(2)18-9-12(19-15)8-17-14-6-3-10-7-11(16)4-5-13(10)14/h4-5,7,12,14,17H,3,6,8-9,16H2,1-2H3. The molecule has 19 heavy (non-hydrogen) atoms. The first kappa shape index (κ1) is 12.9. The Labute approximate surface area is 114 Å². The number of hydrogen-bond acceptors (Lipinski definition) is 4. The second-order valence-electron chi connectivity index (χ2n) is 5.91. The number of nitrogens with two attached hydrogens (primary N) is 1. The molecule has 2 unspecified atom stereocenters.